The molecule has 4 aromatic rings. The van der Waals surface area contributed by atoms with E-state index in [1.807, 2.05) is 60.1 Å². The van der Waals surface area contributed by atoms with Crippen molar-refractivity contribution >= 4 is 18.0 Å². The quantitative estimate of drug-likeness (QED) is 0.541. The van der Waals surface area contributed by atoms with E-state index < -0.39 is 0 Å². The molecule has 0 fully saturated rings. The van der Waals surface area contributed by atoms with E-state index in [0.29, 0.717) is 5.82 Å². The van der Waals surface area contributed by atoms with Gasteiger partial charge in [0, 0.05) is 5.56 Å². The van der Waals surface area contributed by atoms with Crippen LogP contribution in [0.5, 0.6) is 5.75 Å². The van der Waals surface area contributed by atoms with E-state index in [-0.39, 0.29) is 6.17 Å². The molecule has 142 valence electrons. The summed E-state index contributed by atoms with van der Waals surface area (Å²) in [6.07, 6.45) is 7.14. The molecule has 0 spiro atoms. The van der Waals surface area contributed by atoms with Gasteiger partial charge in [0.25, 0.3) is 0 Å². The molecule has 29 heavy (non-hydrogen) atoms. The number of rotatable bonds is 3. The van der Waals surface area contributed by atoms with Gasteiger partial charge in [-0.2, -0.15) is 0 Å². The molecule has 0 bridgehead atoms. The second kappa shape index (κ2) is 5.93. The summed E-state index contributed by atoms with van der Waals surface area (Å²) >= 11 is 0. The van der Waals surface area contributed by atoms with Crippen LogP contribution in [0.25, 0.3) is 11.4 Å². The lowest BCUT2D eigenvalue weighted by atomic mass is 10.1. The van der Waals surface area contributed by atoms with Gasteiger partial charge in [-0.3, -0.25) is 4.57 Å². The van der Waals surface area contributed by atoms with Crippen molar-refractivity contribution < 1.29 is 4.74 Å². The van der Waals surface area contributed by atoms with E-state index in [1.54, 1.807) is 18.1 Å². The average molecular weight is 384 g/mol. The molecular weight excluding hydrogens is 368 g/mol. The van der Waals surface area contributed by atoms with Gasteiger partial charge in [0.05, 0.1) is 30.9 Å². The number of hydrazine groups is 1. The number of aromatic nitrogens is 5. The van der Waals surface area contributed by atoms with Crippen LogP contribution in [0.3, 0.4) is 0 Å². The van der Waals surface area contributed by atoms with Crippen LogP contribution in [-0.4, -0.2) is 38.0 Å². The molecule has 0 radical (unpaired) electrons. The second-order valence-corrected chi connectivity index (χ2v) is 6.73. The van der Waals surface area contributed by atoms with Crippen LogP contribution in [0.15, 0.2) is 72.2 Å². The first-order chi connectivity index (χ1) is 14.3. The Morgan fingerprint density at radius 2 is 1.90 bits per heavy atom. The number of hydrogen-bond donors (Lipinski definition) is 0. The lowest BCUT2D eigenvalue weighted by Gasteiger charge is -2.36. The number of hydrogen-bond acceptors (Lipinski definition) is 7. The summed E-state index contributed by atoms with van der Waals surface area (Å²) in [5.41, 5.74) is 3.09. The summed E-state index contributed by atoms with van der Waals surface area (Å²) in [5, 5.41) is 12.6. The van der Waals surface area contributed by atoms with Gasteiger partial charge in [-0.25, -0.2) is 24.7 Å². The number of ether oxygens (including phenoxy) is 1. The Kier molecular flexibility index (Phi) is 3.25. The third kappa shape index (κ3) is 2.27. The lowest BCUT2D eigenvalue weighted by molar-refractivity contribution is 0.414. The number of benzene rings is 2. The average Bonchev–Trinajstić information content (AvgIpc) is 3.52. The number of aliphatic imine (C=N–C) groups is 1. The molecule has 0 aliphatic carbocycles. The van der Waals surface area contributed by atoms with Crippen LogP contribution in [0.4, 0.5) is 11.6 Å². The molecule has 4 heterocycles. The van der Waals surface area contributed by atoms with Crippen LogP contribution in [-0.2, 0) is 0 Å². The van der Waals surface area contributed by atoms with Gasteiger partial charge >= 0.3 is 0 Å². The number of nitrogens with zero attached hydrogens (tertiary/aromatic N) is 8. The Morgan fingerprint density at radius 1 is 1.03 bits per heavy atom. The molecule has 9 nitrogen and oxygen atoms in total. The number of para-hydroxylation sites is 1. The van der Waals surface area contributed by atoms with Gasteiger partial charge in [0.15, 0.2) is 17.8 Å². The normalized spacial score (nSPS) is 16.5. The van der Waals surface area contributed by atoms with Crippen LogP contribution in [0.2, 0.25) is 0 Å². The maximum absolute atomic E-state index is 5.22. The highest BCUT2D eigenvalue weighted by molar-refractivity contribution is 5.86. The SMILES string of the molecule is COc1ccc(-n2cc(N3C=NC4c5ccccc5-n5cncc5N43)nn2)cc1. The van der Waals surface area contributed by atoms with Gasteiger partial charge in [-0.05, 0) is 30.3 Å². The third-order valence-corrected chi connectivity index (χ3v) is 5.16. The molecule has 0 amide bonds. The molecule has 1 atom stereocenters. The molecule has 0 saturated heterocycles. The summed E-state index contributed by atoms with van der Waals surface area (Å²) in [4.78, 5) is 9.08. The zero-order chi connectivity index (χ0) is 19.4. The minimum Gasteiger partial charge on any atom is -0.497 e. The number of imidazole rings is 1. The van der Waals surface area contributed by atoms with E-state index in [4.69, 9.17) is 9.73 Å². The van der Waals surface area contributed by atoms with E-state index >= 15 is 0 Å². The van der Waals surface area contributed by atoms with Crippen LogP contribution in [0.1, 0.15) is 11.7 Å². The first kappa shape index (κ1) is 15.9. The highest BCUT2D eigenvalue weighted by atomic mass is 16.5. The first-order valence-electron chi connectivity index (χ1n) is 9.13. The van der Waals surface area contributed by atoms with Gasteiger partial charge in [-0.1, -0.05) is 23.4 Å². The summed E-state index contributed by atoms with van der Waals surface area (Å²) in [6, 6.07) is 15.9. The molecule has 2 aromatic heterocycles. The van der Waals surface area contributed by atoms with E-state index in [0.717, 1.165) is 28.5 Å². The molecule has 2 aliphatic heterocycles. The predicted octanol–water partition coefficient (Wildman–Crippen LogP) is 2.74. The smallest absolute Gasteiger partial charge is 0.195 e. The molecule has 2 aromatic carbocycles. The van der Waals surface area contributed by atoms with Crippen molar-refractivity contribution in [2.75, 3.05) is 17.1 Å². The lowest BCUT2D eigenvalue weighted by Crippen LogP contribution is -2.42. The summed E-state index contributed by atoms with van der Waals surface area (Å²) in [7, 11) is 1.65. The Hall–Kier alpha value is -4.14. The Labute approximate surface area is 166 Å². The summed E-state index contributed by atoms with van der Waals surface area (Å²) < 4.78 is 9.00. The maximum Gasteiger partial charge on any atom is 0.195 e. The Balaban J connectivity index is 1.39. The van der Waals surface area contributed by atoms with Crippen molar-refractivity contribution in [3.05, 3.63) is 72.8 Å². The zero-order valence-corrected chi connectivity index (χ0v) is 15.5. The maximum atomic E-state index is 5.22. The highest BCUT2D eigenvalue weighted by Gasteiger charge is 2.39. The number of anilines is 2. The number of methoxy groups -OCH3 is 1. The van der Waals surface area contributed by atoms with Gasteiger partial charge in [0.2, 0.25) is 0 Å². The molecule has 0 N–H and O–H groups in total. The van der Waals surface area contributed by atoms with E-state index in [9.17, 15) is 0 Å². The summed E-state index contributed by atoms with van der Waals surface area (Å²) in [5.74, 6) is 2.38. The largest absolute Gasteiger partial charge is 0.497 e. The van der Waals surface area contributed by atoms with Crippen molar-refractivity contribution in [3.8, 4) is 17.1 Å². The third-order valence-electron chi connectivity index (χ3n) is 5.16. The minimum atomic E-state index is -0.165. The van der Waals surface area contributed by atoms with Gasteiger partial charge < -0.3 is 4.74 Å². The Bertz CT molecular complexity index is 1230. The molecule has 9 heteroatoms. The van der Waals surface area contributed by atoms with E-state index in [1.165, 1.54) is 0 Å². The molecule has 1 unspecified atom stereocenters. The van der Waals surface area contributed by atoms with Crippen molar-refractivity contribution in [3.63, 3.8) is 0 Å². The van der Waals surface area contributed by atoms with Gasteiger partial charge in [-0.15, -0.1) is 5.10 Å². The van der Waals surface area contributed by atoms with Crippen molar-refractivity contribution in [2.24, 2.45) is 4.99 Å². The number of fused-ring (bicyclic) bond motifs is 6. The standard InChI is InChI=1S/C20H16N8O/c1-29-15-8-6-14(7-9-15)26-11-18(23-24-26)27-13-22-20-16-4-2-3-5-17(16)25-12-21-10-19(25)28(20)27/h2-13,20H,1H3. The fraction of sp³-hybridized carbons (Fsp3) is 0.100. The van der Waals surface area contributed by atoms with E-state index in [2.05, 4.69) is 37.0 Å². The Morgan fingerprint density at radius 3 is 2.76 bits per heavy atom. The second-order valence-electron chi connectivity index (χ2n) is 6.73. The van der Waals surface area contributed by atoms with Crippen LogP contribution >= 0.6 is 0 Å². The zero-order valence-electron chi connectivity index (χ0n) is 15.5. The van der Waals surface area contributed by atoms with Crippen molar-refractivity contribution in [2.45, 2.75) is 6.17 Å². The summed E-state index contributed by atoms with van der Waals surface area (Å²) in [6.45, 7) is 0. The van der Waals surface area contributed by atoms with Crippen LogP contribution < -0.4 is 14.8 Å². The van der Waals surface area contributed by atoms with Crippen molar-refractivity contribution in [1.82, 2.24) is 24.5 Å². The van der Waals surface area contributed by atoms with Crippen LogP contribution in [0, 0.1) is 0 Å². The minimum absolute atomic E-state index is 0.165. The fourth-order valence-electron chi connectivity index (χ4n) is 3.77. The molecular formula is C20H16N8O. The monoisotopic (exact) mass is 384 g/mol. The fourth-order valence-corrected chi connectivity index (χ4v) is 3.77. The molecule has 0 saturated carbocycles. The highest BCUT2D eigenvalue weighted by Crippen LogP contribution is 2.42. The predicted molar refractivity (Wildman–Crippen MR) is 108 cm³/mol. The van der Waals surface area contributed by atoms with Gasteiger partial charge in [0.1, 0.15) is 18.4 Å². The first-order valence-corrected chi connectivity index (χ1v) is 9.13. The van der Waals surface area contributed by atoms with Crippen molar-refractivity contribution in [1.29, 1.82) is 0 Å². The topological polar surface area (TPSA) is 76.6 Å². The molecule has 2 aliphatic rings. The molecule has 6 rings (SSSR count).